The van der Waals surface area contributed by atoms with Crippen molar-refractivity contribution >= 4 is 40.3 Å². The molecule has 0 saturated carbocycles. The summed E-state index contributed by atoms with van der Waals surface area (Å²) >= 11 is 6.09. The van der Waals surface area contributed by atoms with Crippen LogP contribution in [0.1, 0.15) is 33.1 Å². The van der Waals surface area contributed by atoms with Crippen molar-refractivity contribution in [1.29, 1.82) is 0 Å². The average Bonchev–Trinajstić information content (AvgIpc) is 2.63. The van der Waals surface area contributed by atoms with Crippen molar-refractivity contribution in [3.8, 4) is 0 Å². The predicted octanol–water partition coefficient (Wildman–Crippen LogP) is 4.23. The number of carbonyl (C=O) groups is 1. The molecule has 0 aliphatic heterocycles. The van der Waals surface area contributed by atoms with Gasteiger partial charge in [0.1, 0.15) is 6.19 Å². The van der Waals surface area contributed by atoms with E-state index in [-0.39, 0.29) is 5.97 Å². The molecular weight excluding hydrogens is 349 g/mol. The molecule has 132 valence electrons. The molecule has 0 fully saturated rings. The van der Waals surface area contributed by atoms with Crippen LogP contribution in [0, 0.1) is 0 Å². The molecule has 0 bridgehead atoms. The van der Waals surface area contributed by atoms with Crippen molar-refractivity contribution in [1.82, 2.24) is 0 Å². The summed E-state index contributed by atoms with van der Waals surface area (Å²) in [6.45, 7) is 4.24. The lowest BCUT2D eigenvalue weighted by Gasteiger charge is -2.20. The Morgan fingerprint density at radius 1 is 1.00 bits per heavy atom. The Labute approximate surface area is 155 Å². The van der Waals surface area contributed by atoms with Gasteiger partial charge in [-0.2, -0.15) is 0 Å². The van der Waals surface area contributed by atoms with Gasteiger partial charge in [-0.05, 0) is 26.7 Å². The molecule has 0 amide bonds. The molecule has 2 rings (SSSR count). The number of ether oxygens (including phenoxy) is 1. The molecule has 0 aromatic heterocycles. The second-order valence-corrected chi connectivity index (χ2v) is 9.71. The zero-order valence-electron chi connectivity index (χ0n) is 14.7. The van der Waals surface area contributed by atoms with Crippen LogP contribution in [0.2, 0.25) is 0 Å². The molecule has 2 aromatic rings. The third-order valence-electron chi connectivity index (χ3n) is 3.75. The summed E-state index contributed by atoms with van der Waals surface area (Å²) in [5.74, 6) is -0.152. The Hall–Kier alpha value is -1.77. The predicted molar refractivity (Wildman–Crippen MR) is 110 cm³/mol. The van der Waals surface area contributed by atoms with E-state index < -0.39 is 6.19 Å². The van der Waals surface area contributed by atoms with E-state index in [9.17, 15) is 4.79 Å². The third-order valence-corrected chi connectivity index (χ3v) is 7.88. The van der Waals surface area contributed by atoms with E-state index in [1.165, 1.54) is 0 Å². The van der Waals surface area contributed by atoms with Crippen molar-refractivity contribution in [3.05, 3.63) is 60.7 Å². The molecule has 2 aromatic carbocycles. The summed E-state index contributed by atoms with van der Waals surface area (Å²) < 4.78 is 9.95. The van der Waals surface area contributed by atoms with Crippen molar-refractivity contribution < 1.29 is 9.53 Å². The van der Waals surface area contributed by atoms with Crippen LogP contribution < -0.4 is 10.6 Å². The van der Waals surface area contributed by atoms with Crippen molar-refractivity contribution in [3.63, 3.8) is 0 Å². The van der Waals surface area contributed by atoms with Gasteiger partial charge in [-0.15, -0.1) is 0 Å². The van der Waals surface area contributed by atoms with Crippen LogP contribution in [0.5, 0.6) is 0 Å². The van der Waals surface area contributed by atoms with Gasteiger partial charge in [-0.1, -0.05) is 72.5 Å². The van der Waals surface area contributed by atoms with Gasteiger partial charge < -0.3 is 4.74 Å². The number of hydrogen-bond acceptors (Lipinski definition) is 3. The summed E-state index contributed by atoms with van der Waals surface area (Å²) in [6, 6.07) is 20.2. The largest absolute Gasteiger partial charge is 0.466 e. The number of nitrogens with zero attached hydrogens (tertiary/aromatic N) is 1. The Balaban J connectivity index is 2.22. The number of hydrogen-bond donors (Lipinski definition) is 0. The van der Waals surface area contributed by atoms with Crippen LogP contribution in [0.3, 0.4) is 0 Å². The van der Waals surface area contributed by atoms with Gasteiger partial charge in [0, 0.05) is 22.7 Å². The van der Waals surface area contributed by atoms with Crippen LogP contribution in [-0.2, 0) is 21.3 Å². The molecule has 0 spiro atoms. The Morgan fingerprint density at radius 3 is 2.00 bits per heavy atom. The maximum absolute atomic E-state index is 11.5. The normalized spacial score (nSPS) is 12.0. The van der Waals surface area contributed by atoms with Gasteiger partial charge in [0.2, 0.25) is 0 Å². The lowest BCUT2D eigenvalue weighted by molar-refractivity contribution is -0.143. The highest BCUT2D eigenvalue weighted by molar-refractivity contribution is 8.21. The molecule has 0 radical (unpaired) electrons. The fourth-order valence-electron chi connectivity index (χ4n) is 2.54. The van der Waals surface area contributed by atoms with Crippen LogP contribution >= 0.6 is 6.19 Å². The molecule has 3 nitrogen and oxygen atoms in total. The van der Waals surface area contributed by atoms with E-state index in [2.05, 4.69) is 24.3 Å². The minimum atomic E-state index is -2.25. The summed E-state index contributed by atoms with van der Waals surface area (Å²) in [5, 5.41) is 2.17. The molecule has 0 saturated heterocycles. The van der Waals surface area contributed by atoms with Gasteiger partial charge in [0.15, 0.2) is 0 Å². The minimum absolute atomic E-state index is 0.152. The lowest BCUT2D eigenvalue weighted by Crippen LogP contribution is -2.15. The van der Waals surface area contributed by atoms with Crippen molar-refractivity contribution in [2.45, 2.75) is 33.1 Å². The summed E-state index contributed by atoms with van der Waals surface area (Å²) in [7, 11) is 0. The minimum Gasteiger partial charge on any atom is -0.466 e. The van der Waals surface area contributed by atoms with Gasteiger partial charge in [-0.25, -0.2) is 0 Å². The van der Waals surface area contributed by atoms with E-state index in [1.807, 2.05) is 50.2 Å². The van der Waals surface area contributed by atoms with Crippen LogP contribution in [0.4, 0.5) is 0 Å². The van der Waals surface area contributed by atoms with Crippen LogP contribution in [0.15, 0.2) is 65.4 Å². The van der Waals surface area contributed by atoms with E-state index >= 15 is 0 Å². The average molecular weight is 373 g/mol. The first kappa shape index (κ1) is 19.6. The van der Waals surface area contributed by atoms with Gasteiger partial charge in [-0.3, -0.25) is 9.56 Å². The summed E-state index contributed by atoms with van der Waals surface area (Å²) in [4.78, 5) is 11.5. The second kappa shape index (κ2) is 9.65. The number of carbonyl (C=O) groups excluding carboxylic acids is 1. The topological polar surface area (TPSA) is 38.7 Å². The zero-order valence-corrected chi connectivity index (χ0v) is 16.4. The molecule has 5 heteroatoms. The van der Waals surface area contributed by atoms with E-state index in [1.54, 1.807) is 0 Å². The third kappa shape index (κ3) is 5.62. The molecule has 0 heterocycles. The van der Waals surface area contributed by atoms with Gasteiger partial charge in [0.25, 0.3) is 0 Å². The Kier molecular flexibility index (Phi) is 7.54. The molecule has 0 N–H and O–H groups in total. The fraction of sp³-hybridized carbons (Fsp3) is 0.300. The van der Waals surface area contributed by atoms with Crippen molar-refractivity contribution in [2.75, 3.05) is 6.61 Å². The summed E-state index contributed by atoms with van der Waals surface area (Å²) in [5.41, 5.74) is 0.986. The highest BCUT2D eigenvalue weighted by Gasteiger charge is 2.21. The van der Waals surface area contributed by atoms with Gasteiger partial charge in [0.05, 0.1) is 6.61 Å². The van der Waals surface area contributed by atoms with Gasteiger partial charge >= 0.3 is 5.97 Å². The number of rotatable bonds is 8. The Morgan fingerprint density at radius 2 is 1.52 bits per heavy atom. The molecular formula is C20H24NO2PS. The van der Waals surface area contributed by atoms with Crippen LogP contribution in [-0.4, -0.2) is 18.3 Å². The fourth-order valence-corrected chi connectivity index (χ4v) is 5.95. The van der Waals surface area contributed by atoms with E-state index in [0.29, 0.717) is 13.0 Å². The Bertz CT molecular complexity index is 716. The monoisotopic (exact) mass is 373 g/mol. The first-order valence-electron chi connectivity index (χ1n) is 8.49. The maximum Gasteiger partial charge on any atom is 0.305 e. The maximum atomic E-state index is 11.5. The van der Waals surface area contributed by atoms with Crippen molar-refractivity contribution in [2.24, 2.45) is 4.76 Å². The highest BCUT2D eigenvalue weighted by Crippen LogP contribution is 2.45. The first-order valence-corrected chi connectivity index (χ1v) is 11.2. The quantitative estimate of drug-likeness (QED) is 0.395. The molecule has 0 atom stereocenters. The van der Waals surface area contributed by atoms with E-state index in [4.69, 9.17) is 21.3 Å². The lowest BCUT2D eigenvalue weighted by atomic mass is 10.2. The van der Waals surface area contributed by atoms with Crippen LogP contribution in [0.25, 0.3) is 0 Å². The molecule has 25 heavy (non-hydrogen) atoms. The molecule has 0 unspecified atom stereocenters. The first-order chi connectivity index (χ1) is 12.1. The summed E-state index contributed by atoms with van der Waals surface area (Å²) in [6.07, 6.45) is -0.359. The number of esters is 1. The smallest absolute Gasteiger partial charge is 0.305 e. The van der Waals surface area contributed by atoms with E-state index in [0.717, 1.165) is 29.2 Å². The highest BCUT2D eigenvalue weighted by atomic mass is 32.4. The number of benzene rings is 2. The molecule has 0 aliphatic carbocycles. The SMILES string of the molecule is CCOC(=O)CCC/C(C)=N/P(=S)(c1ccccc1)c1ccccc1. The second-order valence-electron chi connectivity index (χ2n) is 5.74. The zero-order chi connectivity index (χ0) is 18.1. The standard InChI is InChI=1S/C20H24NO2PS/c1-3-23-20(22)16-10-11-17(2)21-24(25,18-12-6-4-7-13-18)19-14-8-5-9-15-19/h4-9,12-15H,3,10-11,16H2,1-2H3/b21-17+. The molecule has 0 aliphatic rings.